The average Bonchev–Trinajstić information content (AvgIpc) is 2.44. The fourth-order valence-corrected chi connectivity index (χ4v) is 1.68. The van der Waals surface area contributed by atoms with E-state index < -0.39 is 5.91 Å². The van der Waals surface area contributed by atoms with Crippen LogP contribution >= 0.6 is 0 Å². The van der Waals surface area contributed by atoms with Gasteiger partial charge in [-0.05, 0) is 19.1 Å². The van der Waals surface area contributed by atoms with Crippen molar-refractivity contribution in [3.63, 3.8) is 0 Å². The second-order valence-corrected chi connectivity index (χ2v) is 4.11. The largest absolute Gasteiger partial charge is 0.395 e. The van der Waals surface area contributed by atoms with Crippen molar-refractivity contribution in [3.8, 4) is 11.8 Å². The van der Waals surface area contributed by atoms with E-state index >= 15 is 0 Å². The topological polar surface area (TPSA) is 83.6 Å². The molecule has 0 bridgehead atoms. The number of hydrogen-bond acceptors (Lipinski definition) is 3. The third-order valence-corrected chi connectivity index (χ3v) is 2.63. The van der Waals surface area contributed by atoms with E-state index in [4.69, 9.17) is 10.8 Å². The lowest BCUT2D eigenvalue weighted by Crippen LogP contribution is -2.38. The Kier molecular flexibility index (Phi) is 6.27. The van der Waals surface area contributed by atoms with Crippen LogP contribution in [-0.4, -0.2) is 41.5 Å². The monoisotopic (exact) mass is 274 g/mol. The second-order valence-electron chi connectivity index (χ2n) is 4.11. The van der Waals surface area contributed by atoms with Gasteiger partial charge in [0.2, 0.25) is 5.91 Å². The van der Waals surface area contributed by atoms with Crippen molar-refractivity contribution in [2.24, 2.45) is 5.73 Å². The second kappa shape index (κ2) is 7.97. The Morgan fingerprint density at radius 2 is 2.05 bits per heavy atom. The summed E-state index contributed by atoms with van der Waals surface area (Å²) in [5.41, 5.74) is 6.14. The zero-order chi connectivity index (χ0) is 15.0. The van der Waals surface area contributed by atoms with Crippen LogP contribution in [0.5, 0.6) is 0 Å². The Morgan fingerprint density at radius 3 is 2.65 bits per heavy atom. The first-order valence-electron chi connectivity index (χ1n) is 6.36. The van der Waals surface area contributed by atoms with Crippen LogP contribution in [0.1, 0.15) is 29.3 Å². The minimum Gasteiger partial charge on any atom is -0.395 e. The number of hydrogen-bond donors (Lipinski definition) is 2. The van der Waals surface area contributed by atoms with E-state index in [9.17, 15) is 9.59 Å². The van der Waals surface area contributed by atoms with Crippen LogP contribution in [0.15, 0.2) is 24.3 Å². The summed E-state index contributed by atoms with van der Waals surface area (Å²) in [6.07, 6.45) is 0.349. The number of primary amides is 1. The highest BCUT2D eigenvalue weighted by molar-refractivity contribution is 5.98. The summed E-state index contributed by atoms with van der Waals surface area (Å²) in [7, 11) is 0. The first kappa shape index (κ1) is 15.7. The van der Waals surface area contributed by atoms with Gasteiger partial charge in [-0.3, -0.25) is 9.59 Å². The number of aliphatic hydroxyl groups is 1. The summed E-state index contributed by atoms with van der Waals surface area (Å²) in [6.45, 7) is 2.03. The summed E-state index contributed by atoms with van der Waals surface area (Å²) in [5, 5.41) is 8.72. The highest BCUT2D eigenvalue weighted by Gasteiger charge is 2.18. The highest BCUT2D eigenvalue weighted by Crippen LogP contribution is 2.11. The smallest absolute Gasteiger partial charge is 0.255 e. The molecule has 0 aliphatic rings. The van der Waals surface area contributed by atoms with Crippen molar-refractivity contribution in [1.29, 1.82) is 0 Å². The molecule has 2 amide bonds. The van der Waals surface area contributed by atoms with Crippen LogP contribution < -0.4 is 5.73 Å². The molecule has 3 N–H and O–H groups in total. The lowest BCUT2D eigenvalue weighted by molar-refractivity contribution is -0.118. The van der Waals surface area contributed by atoms with Crippen molar-refractivity contribution in [2.45, 2.75) is 13.3 Å². The lowest BCUT2D eigenvalue weighted by atomic mass is 10.1. The highest BCUT2D eigenvalue weighted by atomic mass is 16.2. The summed E-state index contributed by atoms with van der Waals surface area (Å²) >= 11 is 0. The van der Waals surface area contributed by atoms with Gasteiger partial charge in [0.05, 0.1) is 18.7 Å². The van der Waals surface area contributed by atoms with Gasteiger partial charge in [-0.15, -0.1) is 0 Å². The van der Waals surface area contributed by atoms with E-state index in [0.29, 0.717) is 24.1 Å². The van der Waals surface area contributed by atoms with Gasteiger partial charge < -0.3 is 15.7 Å². The van der Waals surface area contributed by atoms with E-state index in [-0.39, 0.29) is 19.1 Å². The van der Waals surface area contributed by atoms with Crippen LogP contribution in [0.4, 0.5) is 0 Å². The Morgan fingerprint density at radius 1 is 1.35 bits per heavy atom. The van der Waals surface area contributed by atoms with E-state index in [2.05, 4.69) is 11.8 Å². The molecule has 106 valence electrons. The number of benzene rings is 1. The summed E-state index contributed by atoms with van der Waals surface area (Å²) in [6, 6.07) is 6.91. The molecular formula is C15H18N2O3. The maximum atomic E-state index is 12.4. The molecule has 0 aliphatic carbocycles. The van der Waals surface area contributed by atoms with Gasteiger partial charge in [0.15, 0.2) is 0 Å². The van der Waals surface area contributed by atoms with Crippen molar-refractivity contribution < 1.29 is 14.7 Å². The number of likely N-dealkylation sites (N-methyl/N-ethyl adjacent to an activating group) is 1. The van der Waals surface area contributed by atoms with Crippen LogP contribution in [0, 0.1) is 11.8 Å². The quantitative estimate of drug-likeness (QED) is 0.761. The number of rotatable bonds is 5. The van der Waals surface area contributed by atoms with E-state index in [1.165, 1.54) is 4.90 Å². The molecule has 0 fully saturated rings. The third-order valence-electron chi connectivity index (χ3n) is 2.63. The zero-order valence-electron chi connectivity index (χ0n) is 11.4. The predicted molar refractivity (Wildman–Crippen MR) is 75.8 cm³/mol. The average molecular weight is 274 g/mol. The predicted octanol–water partition coefficient (Wildman–Crippen LogP) is 0.368. The van der Waals surface area contributed by atoms with Gasteiger partial charge in [0.1, 0.15) is 0 Å². The standard InChI is InChI=1S/C15H18N2O3/c1-2-17(11-14(16)19)15(20)13-9-4-3-7-12(13)8-5-6-10-18/h3-4,7,9,18H,2,6,10-11H2,1H3,(H2,16,19). The summed E-state index contributed by atoms with van der Waals surface area (Å²) < 4.78 is 0. The third kappa shape index (κ3) is 4.41. The molecule has 0 saturated carbocycles. The Bertz CT molecular complexity index is 544. The van der Waals surface area contributed by atoms with Crippen molar-refractivity contribution in [2.75, 3.05) is 19.7 Å². The Labute approximate surface area is 118 Å². The molecule has 0 radical (unpaired) electrons. The normalized spacial score (nSPS) is 9.50. The SMILES string of the molecule is CCN(CC(N)=O)C(=O)c1ccccc1C#CCCO. The molecule has 1 aromatic carbocycles. The van der Waals surface area contributed by atoms with E-state index in [1.807, 2.05) is 0 Å². The molecule has 0 spiro atoms. The minimum absolute atomic E-state index is 0.0220. The molecule has 0 saturated heterocycles. The van der Waals surface area contributed by atoms with Crippen molar-refractivity contribution in [3.05, 3.63) is 35.4 Å². The fraction of sp³-hybridized carbons (Fsp3) is 0.333. The van der Waals surface area contributed by atoms with Crippen LogP contribution in [0.25, 0.3) is 0 Å². The van der Waals surface area contributed by atoms with Gasteiger partial charge >= 0.3 is 0 Å². The summed E-state index contributed by atoms with van der Waals surface area (Å²) in [4.78, 5) is 24.7. The van der Waals surface area contributed by atoms with Crippen molar-refractivity contribution in [1.82, 2.24) is 4.90 Å². The van der Waals surface area contributed by atoms with Crippen LogP contribution in [-0.2, 0) is 4.79 Å². The molecule has 0 heterocycles. The molecule has 20 heavy (non-hydrogen) atoms. The number of carbonyl (C=O) groups excluding carboxylic acids is 2. The molecule has 0 unspecified atom stereocenters. The molecule has 1 rings (SSSR count). The van der Waals surface area contributed by atoms with Crippen molar-refractivity contribution >= 4 is 11.8 Å². The molecule has 0 aliphatic heterocycles. The molecule has 5 nitrogen and oxygen atoms in total. The van der Waals surface area contributed by atoms with Gasteiger partial charge in [-0.2, -0.15) is 0 Å². The van der Waals surface area contributed by atoms with Gasteiger partial charge in [-0.25, -0.2) is 0 Å². The molecule has 0 atom stereocenters. The van der Waals surface area contributed by atoms with E-state index in [1.54, 1.807) is 31.2 Å². The number of aliphatic hydroxyl groups excluding tert-OH is 1. The van der Waals surface area contributed by atoms with Gasteiger partial charge in [0, 0.05) is 18.5 Å². The van der Waals surface area contributed by atoms with Gasteiger partial charge in [-0.1, -0.05) is 24.0 Å². The Balaban J connectivity index is 3.03. The van der Waals surface area contributed by atoms with E-state index in [0.717, 1.165) is 0 Å². The number of nitrogens with two attached hydrogens (primary N) is 1. The molecular weight excluding hydrogens is 256 g/mol. The van der Waals surface area contributed by atoms with Crippen LogP contribution in [0.3, 0.4) is 0 Å². The molecule has 1 aromatic rings. The lowest BCUT2D eigenvalue weighted by Gasteiger charge is -2.19. The molecule has 5 heteroatoms. The number of nitrogens with zero attached hydrogens (tertiary/aromatic N) is 1. The first-order valence-corrected chi connectivity index (χ1v) is 6.36. The molecule has 0 aromatic heterocycles. The first-order chi connectivity index (χ1) is 9.60. The number of carbonyl (C=O) groups is 2. The summed E-state index contributed by atoms with van der Waals surface area (Å²) in [5.74, 6) is 4.81. The maximum Gasteiger partial charge on any atom is 0.255 e. The Hall–Kier alpha value is -2.32. The van der Waals surface area contributed by atoms with Gasteiger partial charge in [0.25, 0.3) is 5.91 Å². The van der Waals surface area contributed by atoms with Crippen LogP contribution in [0.2, 0.25) is 0 Å². The fourth-order valence-electron chi connectivity index (χ4n) is 1.68. The zero-order valence-corrected chi connectivity index (χ0v) is 11.4. The maximum absolute atomic E-state index is 12.4. The minimum atomic E-state index is -0.552. The number of amides is 2.